The average Bonchev–Trinajstić information content (AvgIpc) is 2.94. The lowest BCUT2D eigenvalue weighted by Gasteiger charge is -2.12. The number of benzene rings is 1. The summed E-state index contributed by atoms with van der Waals surface area (Å²) in [5.74, 6) is -0.0553. The van der Waals surface area contributed by atoms with E-state index in [1.54, 1.807) is 41.1 Å². The number of carbonyl (C=O) groups is 1. The minimum absolute atomic E-state index is 0.199. The quantitative estimate of drug-likeness (QED) is 0.785. The van der Waals surface area contributed by atoms with Crippen molar-refractivity contribution in [3.63, 3.8) is 0 Å². The van der Waals surface area contributed by atoms with Crippen molar-refractivity contribution in [2.24, 2.45) is 0 Å². The van der Waals surface area contributed by atoms with Crippen LogP contribution in [-0.4, -0.2) is 29.7 Å². The Kier molecular flexibility index (Phi) is 3.88. The summed E-state index contributed by atoms with van der Waals surface area (Å²) < 4.78 is 12.3. The molecule has 0 amide bonds. The van der Waals surface area contributed by atoms with E-state index in [4.69, 9.17) is 21.1 Å². The lowest BCUT2D eigenvalue weighted by atomic mass is 10.0. The molecule has 3 aromatic rings. The summed E-state index contributed by atoms with van der Waals surface area (Å²) in [6.07, 6.45) is 3.54. The van der Waals surface area contributed by atoms with Crippen LogP contribution >= 0.6 is 11.6 Å². The third-order valence-electron chi connectivity index (χ3n) is 3.66. The normalized spacial score (nSPS) is 10.7. The molecule has 23 heavy (non-hydrogen) atoms. The molecule has 1 aromatic carbocycles. The number of methoxy groups -OCH3 is 2. The molecule has 1 N–H and O–H groups in total. The predicted molar refractivity (Wildman–Crippen MR) is 87.9 cm³/mol. The second-order valence-electron chi connectivity index (χ2n) is 4.90. The molecule has 0 aliphatic rings. The number of aromatic nitrogens is 1. The van der Waals surface area contributed by atoms with Crippen molar-refractivity contribution in [1.82, 2.24) is 4.40 Å². The van der Waals surface area contributed by atoms with E-state index < -0.39 is 5.97 Å². The number of pyridine rings is 1. The van der Waals surface area contributed by atoms with E-state index in [1.807, 2.05) is 6.07 Å². The van der Waals surface area contributed by atoms with Gasteiger partial charge in [-0.3, -0.25) is 0 Å². The molecule has 6 heteroatoms. The maximum atomic E-state index is 11.8. The first-order chi connectivity index (χ1) is 11.1. The van der Waals surface area contributed by atoms with Crippen molar-refractivity contribution < 1.29 is 19.4 Å². The van der Waals surface area contributed by atoms with Crippen molar-refractivity contribution in [1.29, 1.82) is 0 Å². The zero-order valence-corrected chi connectivity index (χ0v) is 13.3. The van der Waals surface area contributed by atoms with Crippen LogP contribution in [0, 0.1) is 0 Å². The van der Waals surface area contributed by atoms with Crippen molar-refractivity contribution in [3.8, 4) is 22.6 Å². The Balaban J connectivity index is 2.34. The Morgan fingerprint density at radius 1 is 1.13 bits per heavy atom. The fourth-order valence-electron chi connectivity index (χ4n) is 2.62. The smallest absolute Gasteiger partial charge is 0.338 e. The van der Waals surface area contributed by atoms with Gasteiger partial charge in [-0.2, -0.15) is 0 Å². The number of carboxylic acids is 1. The number of hydrogen-bond donors (Lipinski definition) is 1. The maximum Gasteiger partial charge on any atom is 0.338 e. The minimum atomic E-state index is -1.01. The van der Waals surface area contributed by atoms with E-state index in [0.29, 0.717) is 33.2 Å². The van der Waals surface area contributed by atoms with Gasteiger partial charge in [-0.05, 0) is 18.2 Å². The summed E-state index contributed by atoms with van der Waals surface area (Å²) >= 11 is 6.20. The number of ether oxygens (including phenoxy) is 2. The number of nitrogens with zero attached hydrogens (tertiary/aromatic N) is 1. The van der Waals surface area contributed by atoms with E-state index in [9.17, 15) is 9.90 Å². The predicted octanol–water partition coefficient (Wildman–Crippen LogP) is 3.98. The van der Waals surface area contributed by atoms with Crippen molar-refractivity contribution >= 4 is 23.1 Å². The van der Waals surface area contributed by atoms with Crippen LogP contribution in [0.15, 0.2) is 42.7 Å². The highest BCUT2D eigenvalue weighted by Gasteiger charge is 2.22. The Hall–Kier alpha value is -2.66. The van der Waals surface area contributed by atoms with Crippen LogP contribution < -0.4 is 9.47 Å². The van der Waals surface area contributed by atoms with Crippen LogP contribution in [0.3, 0.4) is 0 Å². The molecular weight excluding hydrogens is 318 g/mol. The Bertz CT molecular complexity index is 901. The molecule has 0 saturated heterocycles. The summed E-state index contributed by atoms with van der Waals surface area (Å²) in [4.78, 5) is 11.8. The number of hydrogen-bond acceptors (Lipinski definition) is 3. The van der Waals surface area contributed by atoms with Crippen LogP contribution in [0.1, 0.15) is 10.4 Å². The molecule has 118 valence electrons. The fourth-order valence-corrected chi connectivity index (χ4v) is 2.86. The van der Waals surface area contributed by atoms with Gasteiger partial charge < -0.3 is 19.0 Å². The standard InChI is InChI=1S/C17H14ClNO4/c1-22-14-8-15(23-2)12(18)7-10(14)11-9-19-6-4-3-5-13(19)16(11)17(20)21/h3-9H,1-2H3,(H,20,21). The molecule has 0 aliphatic heterocycles. The molecular formula is C17H14ClNO4. The summed E-state index contributed by atoms with van der Waals surface area (Å²) in [7, 11) is 3.03. The van der Waals surface area contributed by atoms with Crippen LogP contribution in [-0.2, 0) is 0 Å². The van der Waals surface area contributed by atoms with Gasteiger partial charge in [0.1, 0.15) is 11.5 Å². The van der Waals surface area contributed by atoms with Gasteiger partial charge in [-0.15, -0.1) is 0 Å². The highest BCUT2D eigenvalue weighted by molar-refractivity contribution is 6.32. The third-order valence-corrected chi connectivity index (χ3v) is 3.96. The number of halogens is 1. The topological polar surface area (TPSA) is 60.2 Å². The molecule has 5 nitrogen and oxygen atoms in total. The van der Waals surface area contributed by atoms with Gasteiger partial charge in [0.15, 0.2) is 0 Å². The first-order valence-corrected chi connectivity index (χ1v) is 7.19. The van der Waals surface area contributed by atoms with Gasteiger partial charge in [0.05, 0.1) is 30.3 Å². The van der Waals surface area contributed by atoms with Gasteiger partial charge >= 0.3 is 5.97 Å². The molecule has 2 aromatic heterocycles. The average molecular weight is 332 g/mol. The van der Waals surface area contributed by atoms with Crippen LogP contribution in [0.2, 0.25) is 5.02 Å². The molecule has 0 saturated carbocycles. The van der Waals surface area contributed by atoms with Gasteiger partial charge in [-0.25, -0.2) is 4.79 Å². The Labute approximate surface area is 137 Å². The van der Waals surface area contributed by atoms with E-state index >= 15 is 0 Å². The lowest BCUT2D eigenvalue weighted by Crippen LogP contribution is -1.99. The maximum absolute atomic E-state index is 11.8. The third kappa shape index (κ3) is 2.49. The highest BCUT2D eigenvalue weighted by atomic mass is 35.5. The van der Waals surface area contributed by atoms with E-state index in [1.165, 1.54) is 14.2 Å². The van der Waals surface area contributed by atoms with Gasteiger partial charge in [0.2, 0.25) is 0 Å². The highest BCUT2D eigenvalue weighted by Crippen LogP contribution is 2.41. The monoisotopic (exact) mass is 331 g/mol. The van der Waals surface area contributed by atoms with Crippen molar-refractivity contribution in [3.05, 3.63) is 53.3 Å². The number of aromatic carboxylic acids is 1. The van der Waals surface area contributed by atoms with Crippen molar-refractivity contribution in [2.45, 2.75) is 0 Å². The molecule has 0 fully saturated rings. The largest absolute Gasteiger partial charge is 0.496 e. The Morgan fingerprint density at radius 3 is 2.52 bits per heavy atom. The summed E-state index contributed by atoms with van der Waals surface area (Å²) in [5, 5.41) is 10.0. The van der Waals surface area contributed by atoms with Gasteiger partial charge in [-0.1, -0.05) is 17.7 Å². The second kappa shape index (κ2) is 5.85. The fraction of sp³-hybridized carbons (Fsp3) is 0.118. The zero-order chi connectivity index (χ0) is 16.6. The second-order valence-corrected chi connectivity index (χ2v) is 5.31. The van der Waals surface area contributed by atoms with Gasteiger partial charge in [0.25, 0.3) is 0 Å². The summed E-state index contributed by atoms with van der Waals surface area (Å²) in [6.45, 7) is 0. The van der Waals surface area contributed by atoms with E-state index in [2.05, 4.69) is 0 Å². The summed E-state index contributed by atoms with van der Waals surface area (Å²) in [6, 6.07) is 8.68. The van der Waals surface area contributed by atoms with Crippen LogP contribution in [0.5, 0.6) is 11.5 Å². The molecule has 0 radical (unpaired) electrons. The zero-order valence-electron chi connectivity index (χ0n) is 12.5. The molecule has 0 bridgehead atoms. The molecule has 3 rings (SSSR count). The minimum Gasteiger partial charge on any atom is -0.496 e. The number of carboxylic acid groups (broad SMARTS) is 1. The van der Waals surface area contributed by atoms with Crippen LogP contribution in [0.25, 0.3) is 16.6 Å². The SMILES string of the molecule is COc1cc(OC)c(-c2cn3ccccc3c2C(=O)O)cc1Cl. The molecule has 0 aliphatic carbocycles. The van der Waals surface area contributed by atoms with Crippen molar-refractivity contribution in [2.75, 3.05) is 14.2 Å². The first kappa shape index (κ1) is 15.2. The summed E-state index contributed by atoms with van der Waals surface area (Å²) in [5.41, 5.74) is 1.93. The number of rotatable bonds is 4. The molecule has 0 atom stereocenters. The molecule has 0 spiro atoms. The first-order valence-electron chi connectivity index (χ1n) is 6.81. The van der Waals surface area contributed by atoms with Crippen LogP contribution in [0.4, 0.5) is 0 Å². The molecule has 2 heterocycles. The number of fused-ring (bicyclic) bond motifs is 1. The van der Waals surface area contributed by atoms with Gasteiger partial charge in [0, 0.05) is 29.6 Å². The van der Waals surface area contributed by atoms with E-state index in [-0.39, 0.29) is 5.56 Å². The lowest BCUT2D eigenvalue weighted by molar-refractivity contribution is 0.0700. The van der Waals surface area contributed by atoms with E-state index in [0.717, 1.165) is 0 Å². The Morgan fingerprint density at radius 2 is 1.87 bits per heavy atom. The molecule has 0 unspecified atom stereocenters.